The normalized spacial score (nSPS) is 12.3. The molecule has 100 valence electrons. The monoisotopic (exact) mass is 260 g/mol. The molecule has 18 heavy (non-hydrogen) atoms. The minimum atomic E-state index is -1.21. The first-order valence-electron chi connectivity index (χ1n) is 5.35. The van der Waals surface area contributed by atoms with Crippen molar-refractivity contribution in [2.45, 2.75) is 19.4 Å². The van der Waals surface area contributed by atoms with Gasteiger partial charge in [0, 0.05) is 25.7 Å². The van der Waals surface area contributed by atoms with E-state index in [1.54, 1.807) is 6.92 Å². The maximum Gasteiger partial charge on any atom is 0.328 e. The van der Waals surface area contributed by atoms with Crippen molar-refractivity contribution in [1.29, 1.82) is 0 Å². The summed E-state index contributed by atoms with van der Waals surface area (Å²) in [5.74, 6) is -2.09. The molecule has 0 fully saturated rings. The Hall–Kier alpha value is -1.76. The third kappa shape index (κ3) is 3.36. The van der Waals surface area contributed by atoms with Crippen LogP contribution >= 0.6 is 0 Å². The Bertz CT molecular complexity index is 452. The second-order valence-electron chi connectivity index (χ2n) is 4.07. The first-order valence-corrected chi connectivity index (χ1v) is 5.35. The van der Waals surface area contributed by atoms with Crippen LogP contribution in [-0.4, -0.2) is 29.7 Å². The third-order valence-corrected chi connectivity index (χ3v) is 2.48. The van der Waals surface area contributed by atoms with Crippen LogP contribution in [0, 0.1) is 21.7 Å². The zero-order chi connectivity index (χ0) is 13.9. The van der Waals surface area contributed by atoms with Gasteiger partial charge in [-0.15, -0.1) is 0 Å². The maximum atomic E-state index is 13.4. The number of benzene rings is 1. The van der Waals surface area contributed by atoms with Crippen molar-refractivity contribution in [2.24, 2.45) is 0 Å². The van der Waals surface area contributed by atoms with Crippen molar-refractivity contribution in [3.63, 3.8) is 0 Å². The van der Waals surface area contributed by atoms with Gasteiger partial charge in [0.05, 0.1) is 11.0 Å². The highest BCUT2D eigenvalue weighted by Gasteiger charge is 2.24. The lowest BCUT2D eigenvalue weighted by Crippen LogP contribution is -2.23. The summed E-state index contributed by atoms with van der Waals surface area (Å²) in [7, 11) is 1.48. The Kier molecular flexibility index (Phi) is 4.55. The number of aliphatic hydroxyl groups is 1. The van der Waals surface area contributed by atoms with E-state index >= 15 is 0 Å². The Morgan fingerprint density at radius 2 is 2.11 bits per heavy atom. The number of aliphatic hydroxyl groups excluding tert-OH is 1. The van der Waals surface area contributed by atoms with E-state index in [1.807, 2.05) is 0 Å². The van der Waals surface area contributed by atoms with Crippen LogP contribution in [0.15, 0.2) is 12.1 Å². The van der Waals surface area contributed by atoms with Gasteiger partial charge in [-0.25, -0.2) is 4.39 Å². The number of anilines is 1. The second-order valence-corrected chi connectivity index (χ2v) is 4.07. The van der Waals surface area contributed by atoms with Crippen molar-refractivity contribution in [2.75, 3.05) is 18.5 Å². The average molecular weight is 260 g/mol. The molecule has 7 heteroatoms. The van der Waals surface area contributed by atoms with Crippen molar-refractivity contribution in [3.05, 3.63) is 33.9 Å². The molecule has 0 aliphatic rings. The Balaban J connectivity index is 3.09. The molecular formula is C11H14F2N2O3. The molecule has 0 saturated carbocycles. The van der Waals surface area contributed by atoms with Crippen molar-refractivity contribution in [3.8, 4) is 0 Å². The van der Waals surface area contributed by atoms with Gasteiger partial charge in [-0.2, -0.15) is 4.39 Å². The lowest BCUT2D eigenvalue weighted by molar-refractivity contribution is -0.386. The second kappa shape index (κ2) is 5.72. The van der Waals surface area contributed by atoms with Gasteiger partial charge in [-0.3, -0.25) is 10.1 Å². The summed E-state index contributed by atoms with van der Waals surface area (Å²) in [5, 5.41) is 19.9. The fourth-order valence-corrected chi connectivity index (χ4v) is 1.53. The molecule has 1 atom stereocenters. The van der Waals surface area contributed by atoms with E-state index in [0.717, 1.165) is 6.07 Å². The van der Waals surface area contributed by atoms with Crippen LogP contribution in [0.1, 0.15) is 13.3 Å². The minimum Gasteiger partial charge on any atom is -0.393 e. The van der Waals surface area contributed by atoms with Crippen LogP contribution in [0.2, 0.25) is 0 Å². The minimum absolute atomic E-state index is 0.141. The number of nitro groups is 1. The molecule has 0 amide bonds. The molecule has 0 aromatic heterocycles. The van der Waals surface area contributed by atoms with Crippen molar-refractivity contribution in [1.82, 2.24) is 0 Å². The van der Waals surface area contributed by atoms with E-state index in [4.69, 9.17) is 5.11 Å². The molecule has 0 radical (unpaired) electrons. The molecule has 0 heterocycles. The average Bonchev–Trinajstić information content (AvgIpc) is 2.23. The summed E-state index contributed by atoms with van der Waals surface area (Å²) in [6.07, 6.45) is -0.254. The van der Waals surface area contributed by atoms with Gasteiger partial charge in [0.15, 0.2) is 0 Å². The number of hydrogen-bond acceptors (Lipinski definition) is 4. The topological polar surface area (TPSA) is 66.6 Å². The smallest absolute Gasteiger partial charge is 0.328 e. The van der Waals surface area contributed by atoms with Gasteiger partial charge in [0.1, 0.15) is 11.5 Å². The number of rotatable bonds is 5. The lowest BCUT2D eigenvalue weighted by atomic mass is 10.2. The van der Waals surface area contributed by atoms with E-state index < -0.39 is 28.3 Å². The molecule has 1 aromatic carbocycles. The molecule has 1 aromatic rings. The van der Waals surface area contributed by atoms with Crippen LogP contribution in [0.5, 0.6) is 0 Å². The van der Waals surface area contributed by atoms with Crippen LogP contribution < -0.4 is 4.90 Å². The van der Waals surface area contributed by atoms with Crippen molar-refractivity contribution >= 4 is 11.4 Å². The molecule has 0 aliphatic heterocycles. The van der Waals surface area contributed by atoms with E-state index in [-0.39, 0.29) is 12.2 Å². The summed E-state index contributed by atoms with van der Waals surface area (Å²) in [4.78, 5) is 11.2. The summed E-state index contributed by atoms with van der Waals surface area (Å²) in [5.41, 5.74) is -0.900. The molecule has 0 saturated heterocycles. The van der Waals surface area contributed by atoms with Crippen LogP contribution in [0.3, 0.4) is 0 Å². The van der Waals surface area contributed by atoms with Gasteiger partial charge in [0.25, 0.3) is 0 Å². The molecule has 0 bridgehead atoms. The molecule has 0 spiro atoms. The lowest BCUT2D eigenvalue weighted by Gasteiger charge is -2.20. The Morgan fingerprint density at radius 3 is 2.61 bits per heavy atom. The largest absolute Gasteiger partial charge is 0.393 e. The number of nitrogens with zero attached hydrogens (tertiary/aromatic N) is 2. The van der Waals surface area contributed by atoms with E-state index in [1.165, 1.54) is 11.9 Å². The molecule has 1 N–H and O–H groups in total. The van der Waals surface area contributed by atoms with Gasteiger partial charge in [-0.05, 0) is 13.3 Å². The maximum absolute atomic E-state index is 13.4. The zero-order valence-electron chi connectivity index (χ0n) is 10.1. The first-order chi connectivity index (χ1) is 8.32. The summed E-state index contributed by atoms with van der Waals surface area (Å²) < 4.78 is 26.5. The number of halogens is 2. The molecule has 1 rings (SSSR count). The van der Waals surface area contributed by atoms with Gasteiger partial charge in [0.2, 0.25) is 5.82 Å². The van der Waals surface area contributed by atoms with Gasteiger partial charge < -0.3 is 10.0 Å². The van der Waals surface area contributed by atoms with Gasteiger partial charge in [-0.1, -0.05) is 0 Å². The Morgan fingerprint density at radius 1 is 1.50 bits per heavy atom. The fourth-order valence-electron chi connectivity index (χ4n) is 1.53. The SMILES string of the molecule is CC(O)CCN(C)c1cc(F)cc(F)c1[N+](=O)[O-]. The molecule has 0 aliphatic carbocycles. The predicted octanol–water partition coefficient (Wildman–Crippen LogP) is 2.08. The predicted molar refractivity (Wildman–Crippen MR) is 62.6 cm³/mol. The summed E-state index contributed by atoms with van der Waals surface area (Å²) in [6, 6.07) is 1.38. The molecule has 1 unspecified atom stereocenters. The quantitative estimate of drug-likeness (QED) is 0.650. The van der Waals surface area contributed by atoms with Crippen molar-refractivity contribution < 1.29 is 18.8 Å². The Labute approximate surface area is 103 Å². The number of hydrogen-bond donors (Lipinski definition) is 1. The fraction of sp³-hybridized carbons (Fsp3) is 0.455. The summed E-state index contributed by atoms with van der Waals surface area (Å²) >= 11 is 0. The van der Waals surface area contributed by atoms with E-state index in [0.29, 0.717) is 12.5 Å². The molecular weight excluding hydrogens is 246 g/mol. The van der Waals surface area contributed by atoms with E-state index in [2.05, 4.69) is 0 Å². The van der Waals surface area contributed by atoms with Crippen LogP contribution in [0.25, 0.3) is 0 Å². The highest BCUT2D eigenvalue weighted by molar-refractivity contribution is 5.63. The van der Waals surface area contributed by atoms with E-state index in [9.17, 15) is 18.9 Å². The highest BCUT2D eigenvalue weighted by Crippen LogP contribution is 2.31. The number of nitro benzene ring substituents is 1. The highest BCUT2D eigenvalue weighted by atomic mass is 19.1. The van der Waals surface area contributed by atoms with Gasteiger partial charge >= 0.3 is 5.69 Å². The zero-order valence-corrected chi connectivity index (χ0v) is 10.1. The first kappa shape index (κ1) is 14.3. The summed E-state index contributed by atoms with van der Waals surface area (Å²) in [6.45, 7) is 1.82. The van der Waals surface area contributed by atoms with Crippen LogP contribution in [0.4, 0.5) is 20.2 Å². The molecule has 5 nitrogen and oxygen atoms in total. The standard InChI is InChI=1S/C11H14F2N2O3/c1-7(16)3-4-14(2)10-6-8(12)5-9(13)11(10)15(17)18/h5-7,16H,3-4H2,1-2H3. The third-order valence-electron chi connectivity index (χ3n) is 2.48. The van der Waals surface area contributed by atoms with Crippen LogP contribution in [-0.2, 0) is 0 Å².